The Morgan fingerprint density at radius 3 is 2.00 bits per heavy atom. The lowest BCUT2D eigenvalue weighted by atomic mass is 10.1. The van der Waals surface area contributed by atoms with Gasteiger partial charge < -0.3 is 10.6 Å². The highest BCUT2D eigenvalue weighted by Crippen LogP contribution is 2.20. The highest BCUT2D eigenvalue weighted by molar-refractivity contribution is 7.90. The van der Waals surface area contributed by atoms with Gasteiger partial charge in [-0.2, -0.15) is 0 Å². The zero-order valence-corrected chi connectivity index (χ0v) is 16.8. The Morgan fingerprint density at radius 1 is 0.759 bits per heavy atom. The van der Waals surface area contributed by atoms with Crippen LogP contribution >= 0.6 is 0 Å². The van der Waals surface area contributed by atoms with E-state index in [-0.39, 0.29) is 16.4 Å². The zero-order valence-electron chi connectivity index (χ0n) is 16.0. The Morgan fingerprint density at radius 2 is 1.38 bits per heavy atom. The van der Waals surface area contributed by atoms with E-state index >= 15 is 0 Å². The molecule has 29 heavy (non-hydrogen) atoms. The lowest BCUT2D eigenvalue weighted by molar-refractivity contribution is 0.101. The lowest BCUT2D eigenvalue weighted by Crippen LogP contribution is -2.15. The molecule has 2 amide bonds. The topological polar surface area (TPSA) is 92.3 Å². The van der Waals surface area contributed by atoms with Gasteiger partial charge in [0.05, 0.1) is 4.90 Å². The van der Waals surface area contributed by atoms with Gasteiger partial charge in [0.15, 0.2) is 9.84 Å². The smallest absolute Gasteiger partial charge is 0.255 e. The second kappa shape index (κ2) is 8.28. The summed E-state index contributed by atoms with van der Waals surface area (Å²) in [5.74, 6) is -0.690. The minimum atomic E-state index is -3.42. The highest BCUT2D eigenvalue weighted by atomic mass is 32.2. The highest BCUT2D eigenvalue weighted by Gasteiger charge is 2.15. The molecule has 2 N–H and O–H groups in total. The summed E-state index contributed by atoms with van der Waals surface area (Å²) >= 11 is 0. The third-order valence-corrected chi connectivity index (χ3v) is 5.41. The van der Waals surface area contributed by atoms with Gasteiger partial charge in [0.2, 0.25) is 0 Å². The number of rotatable bonds is 5. The normalized spacial score (nSPS) is 11.0. The van der Waals surface area contributed by atoms with Gasteiger partial charge in [-0.15, -0.1) is 0 Å². The third-order valence-electron chi connectivity index (χ3n) is 4.30. The summed E-state index contributed by atoms with van der Waals surface area (Å²) in [5, 5.41) is 5.53. The van der Waals surface area contributed by atoms with Crippen molar-refractivity contribution in [2.45, 2.75) is 11.8 Å². The first-order valence-corrected chi connectivity index (χ1v) is 10.7. The van der Waals surface area contributed by atoms with Crippen LogP contribution in [0.4, 0.5) is 11.4 Å². The number of anilines is 2. The van der Waals surface area contributed by atoms with Crippen LogP contribution in [0, 0.1) is 6.92 Å². The second-order valence-corrected chi connectivity index (χ2v) is 8.62. The lowest BCUT2D eigenvalue weighted by Gasteiger charge is -2.11. The van der Waals surface area contributed by atoms with E-state index in [0.29, 0.717) is 22.5 Å². The van der Waals surface area contributed by atoms with Crippen molar-refractivity contribution in [1.29, 1.82) is 0 Å². The minimum Gasteiger partial charge on any atom is -0.322 e. The van der Waals surface area contributed by atoms with E-state index in [0.717, 1.165) is 6.26 Å². The van der Waals surface area contributed by atoms with Gasteiger partial charge in [0.1, 0.15) is 0 Å². The van der Waals surface area contributed by atoms with Crippen LogP contribution in [0.15, 0.2) is 77.7 Å². The number of aryl methyl sites for hydroxylation is 1. The molecule has 0 aromatic heterocycles. The van der Waals surface area contributed by atoms with E-state index in [1.165, 1.54) is 12.1 Å². The fourth-order valence-electron chi connectivity index (χ4n) is 2.74. The Kier molecular flexibility index (Phi) is 5.79. The average molecular weight is 408 g/mol. The third kappa shape index (κ3) is 5.08. The van der Waals surface area contributed by atoms with Crippen LogP contribution in [-0.4, -0.2) is 26.5 Å². The molecule has 0 aliphatic rings. The first kappa shape index (κ1) is 20.3. The molecule has 148 valence electrons. The van der Waals surface area contributed by atoms with Gasteiger partial charge >= 0.3 is 0 Å². The molecular weight excluding hydrogens is 388 g/mol. The fraction of sp³-hybridized carbons (Fsp3) is 0.0909. The number of carbonyl (C=O) groups is 2. The van der Waals surface area contributed by atoms with Crippen LogP contribution in [0.25, 0.3) is 0 Å². The van der Waals surface area contributed by atoms with Crippen molar-refractivity contribution in [2.75, 3.05) is 16.9 Å². The molecular formula is C22H20N2O4S. The number of hydrogen-bond acceptors (Lipinski definition) is 4. The predicted molar refractivity (Wildman–Crippen MR) is 113 cm³/mol. The fourth-order valence-corrected chi connectivity index (χ4v) is 3.39. The molecule has 3 aromatic rings. The Labute approximate surface area is 169 Å². The standard InChI is InChI=1S/C22H20N2O4S/c1-15-11-12-19(29(2,27)28)14-20(15)22(26)24-18-10-6-9-17(13-18)23-21(25)16-7-4-3-5-8-16/h3-14H,1-2H3,(H,23,25)(H,24,26). The van der Waals surface area contributed by atoms with Crippen LogP contribution in [0.1, 0.15) is 26.3 Å². The summed E-state index contributed by atoms with van der Waals surface area (Å²) in [6.07, 6.45) is 1.10. The summed E-state index contributed by atoms with van der Waals surface area (Å²) in [6, 6.07) is 20.0. The molecule has 7 heteroatoms. The molecule has 0 spiro atoms. The maximum atomic E-state index is 12.7. The Hall–Kier alpha value is -3.45. The summed E-state index contributed by atoms with van der Waals surface area (Å²) < 4.78 is 23.5. The molecule has 0 saturated carbocycles. The number of sulfone groups is 1. The van der Waals surface area contributed by atoms with Crippen molar-refractivity contribution >= 4 is 33.0 Å². The van der Waals surface area contributed by atoms with E-state index in [4.69, 9.17) is 0 Å². The molecule has 0 radical (unpaired) electrons. The van der Waals surface area contributed by atoms with Gasteiger partial charge in [0.25, 0.3) is 11.8 Å². The summed E-state index contributed by atoms with van der Waals surface area (Å²) in [7, 11) is -3.42. The van der Waals surface area contributed by atoms with Gasteiger partial charge in [-0.1, -0.05) is 30.3 Å². The largest absolute Gasteiger partial charge is 0.322 e. The molecule has 0 atom stereocenters. The Bertz CT molecular complexity index is 1170. The van der Waals surface area contributed by atoms with Gasteiger partial charge in [-0.25, -0.2) is 8.42 Å². The van der Waals surface area contributed by atoms with Crippen molar-refractivity contribution in [3.05, 3.63) is 89.5 Å². The number of carbonyl (C=O) groups excluding carboxylic acids is 2. The van der Waals surface area contributed by atoms with Gasteiger partial charge in [-0.3, -0.25) is 9.59 Å². The first-order valence-electron chi connectivity index (χ1n) is 8.82. The zero-order chi connectivity index (χ0) is 21.0. The van der Waals surface area contributed by atoms with E-state index in [9.17, 15) is 18.0 Å². The quantitative estimate of drug-likeness (QED) is 0.670. The molecule has 6 nitrogen and oxygen atoms in total. The summed E-state index contributed by atoms with van der Waals surface area (Å²) in [6.45, 7) is 1.73. The molecule has 3 rings (SSSR count). The molecule has 0 unspecified atom stereocenters. The molecule has 0 fully saturated rings. The maximum absolute atomic E-state index is 12.7. The van der Waals surface area contributed by atoms with E-state index in [2.05, 4.69) is 10.6 Å². The molecule has 0 saturated heterocycles. The van der Waals surface area contributed by atoms with E-state index in [1.807, 2.05) is 6.07 Å². The van der Waals surface area contributed by atoms with E-state index in [1.54, 1.807) is 61.5 Å². The maximum Gasteiger partial charge on any atom is 0.255 e. The first-order chi connectivity index (χ1) is 13.7. The van der Waals surface area contributed by atoms with Crippen molar-refractivity contribution in [1.82, 2.24) is 0 Å². The van der Waals surface area contributed by atoms with Crippen molar-refractivity contribution in [3.63, 3.8) is 0 Å². The molecule has 0 heterocycles. The Balaban J connectivity index is 1.78. The number of amides is 2. The van der Waals surface area contributed by atoms with Crippen LogP contribution < -0.4 is 10.6 Å². The van der Waals surface area contributed by atoms with Crippen LogP contribution in [-0.2, 0) is 9.84 Å². The van der Waals surface area contributed by atoms with Crippen LogP contribution in [0.3, 0.4) is 0 Å². The monoisotopic (exact) mass is 408 g/mol. The number of nitrogens with one attached hydrogen (secondary N) is 2. The molecule has 0 bridgehead atoms. The molecule has 0 aliphatic carbocycles. The van der Waals surface area contributed by atoms with Gasteiger partial charge in [-0.05, 0) is 55.0 Å². The summed E-state index contributed by atoms with van der Waals surface area (Å²) in [4.78, 5) is 25.0. The molecule has 3 aromatic carbocycles. The van der Waals surface area contributed by atoms with Gasteiger partial charge in [0, 0.05) is 28.8 Å². The van der Waals surface area contributed by atoms with E-state index < -0.39 is 15.7 Å². The van der Waals surface area contributed by atoms with Crippen molar-refractivity contribution in [3.8, 4) is 0 Å². The predicted octanol–water partition coefficient (Wildman–Crippen LogP) is 3.90. The molecule has 0 aliphatic heterocycles. The SMILES string of the molecule is Cc1ccc(S(C)(=O)=O)cc1C(=O)Nc1cccc(NC(=O)c2ccccc2)c1. The second-order valence-electron chi connectivity index (χ2n) is 6.60. The van der Waals surface area contributed by atoms with Crippen LogP contribution in [0.5, 0.6) is 0 Å². The number of hydrogen-bond donors (Lipinski definition) is 2. The average Bonchev–Trinajstić information content (AvgIpc) is 2.68. The van der Waals surface area contributed by atoms with Crippen molar-refractivity contribution in [2.24, 2.45) is 0 Å². The summed E-state index contributed by atoms with van der Waals surface area (Å²) in [5.41, 5.74) is 2.45. The van der Waals surface area contributed by atoms with Crippen molar-refractivity contribution < 1.29 is 18.0 Å². The minimum absolute atomic E-state index is 0.0807. The van der Waals surface area contributed by atoms with Crippen LogP contribution in [0.2, 0.25) is 0 Å². The number of benzene rings is 3.